The zero-order valence-corrected chi connectivity index (χ0v) is 13.2. The van der Waals surface area contributed by atoms with Gasteiger partial charge in [-0.15, -0.1) is 0 Å². The van der Waals surface area contributed by atoms with Crippen molar-refractivity contribution in [1.29, 1.82) is 0 Å². The molecule has 0 amide bonds. The Kier molecular flexibility index (Phi) is 4.47. The first-order valence-electron chi connectivity index (χ1n) is 5.91. The summed E-state index contributed by atoms with van der Waals surface area (Å²) in [5, 5.41) is 8.96. The number of anilines is 1. The summed E-state index contributed by atoms with van der Waals surface area (Å²) in [7, 11) is -3.64. The van der Waals surface area contributed by atoms with Crippen molar-refractivity contribution in [2.45, 2.75) is 18.4 Å². The van der Waals surface area contributed by atoms with Gasteiger partial charge in [0.25, 0.3) is 10.0 Å². The minimum absolute atomic E-state index is 0.114. The second-order valence-electron chi connectivity index (χ2n) is 4.39. The van der Waals surface area contributed by atoms with Gasteiger partial charge >= 0.3 is 0 Å². The van der Waals surface area contributed by atoms with Gasteiger partial charge in [-0.2, -0.15) is 0 Å². The maximum Gasteiger partial charge on any atom is 0.261 e. The normalized spacial score (nSPS) is 11.3. The van der Waals surface area contributed by atoms with Gasteiger partial charge in [0.2, 0.25) is 0 Å². The largest absolute Gasteiger partial charge is 0.392 e. The van der Waals surface area contributed by atoms with Crippen LogP contribution in [0.3, 0.4) is 0 Å². The lowest BCUT2D eigenvalue weighted by atomic mass is 10.2. The molecule has 0 aromatic heterocycles. The van der Waals surface area contributed by atoms with Crippen LogP contribution >= 0.6 is 15.9 Å². The molecule has 0 aliphatic rings. The number of hydrogen-bond donors (Lipinski definition) is 2. The lowest BCUT2D eigenvalue weighted by Gasteiger charge is -2.10. The highest BCUT2D eigenvalue weighted by Crippen LogP contribution is 2.26. The molecular formula is C14H14BrNO3S. The third kappa shape index (κ3) is 3.39. The maximum atomic E-state index is 12.2. The average Bonchev–Trinajstić information content (AvgIpc) is 2.42. The molecule has 0 fully saturated rings. The van der Waals surface area contributed by atoms with Crippen molar-refractivity contribution in [3.63, 3.8) is 0 Å². The molecule has 0 aliphatic heterocycles. The fraction of sp³-hybridized carbons (Fsp3) is 0.143. The predicted octanol–water partition coefficient (Wildman–Crippen LogP) is 3.05. The molecule has 2 rings (SSSR count). The Morgan fingerprint density at radius 2 is 1.80 bits per heavy atom. The number of aryl methyl sites for hydroxylation is 1. The van der Waals surface area contributed by atoms with Gasteiger partial charge in [-0.1, -0.05) is 18.2 Å². The quantitative estimate of drug-likeness (QED) is 0.885. The van der Waals surface area contributed by atoms with E-state index in [-0.39, 0.29) is 11.5 Å². The zero-order valence-electron chi connectivity index (χ0n) is 10.8. The van der Waals surface area contributed by atoms with E-state index >= 15 is 0 Å². The molecule has 4 nitrogen and oxygen atoms in total. The molecule has 6 heteroatoms. The molecule has 20 heavy (non-hydrogen) atoms. The van der Waals surface area contributed by atoms with Crippen LogP contribution in [0.5, 0.6) is 0 Å². The van der Waals surface area contributed by atoms with E-state index < -0.39 is 10.0 Å². The molecule has 0 spiro atoms. The number of aliphatic hydroxyl groups excluding tert-OH is 1. The third-order valence-corrected chi connectivity index (χ3v) is 4.82. The molecule has 2 aromatic rings. The SMILES string of the molecule is Cc1ccc(NS(=O)(=O)c2ccc(CO)cc2)c(Br)c1. The second kappa shape index (κ2) is 5.95. The van der Waals surface area contributed by atoms with Crippen LogP contribution < -0.4 is 4.72 Å². The lowest BCUT2D eigenvalue weighted by molar-refractivity contribution is 0.282. The number of hydrogen-bond acceptors (Lipinski definition) is 3. The van der Waals surface area contributed by atoms with Gasteiger partial charge in [0.15, 0.2) is 0 Å². The van der Waals surface area contributed by atoms with Crippen LogP contribution in [0.2, 0.25) is 0 Å². The predicted molar refractivity (Wildman–Crippen MR) is 82.1 cm³/mol. The number of aliphatic hydroxyl groups is 1. The van der Waals surface area contributed by atoms with Gasteiger partial charge in [0.1, 0.15) is 0 Å². The molecule has 0 heterocycles. The highest BCUT2D eigenvalue weighted by molar-refractivity contribution is 9.10. The van der Waals surface area contributed by atoms with Crippen molar-refractivity contribution in [1.82, 2.24) is 0 Å². The van der Waals surface area contributed by atoms with Crippen LogP contribution in [0.15, 0.2) is 51.8 Å². The number of halogens is 1. The van der Waals surface area contributed by atoms with E-state index in [0.29, 0.717) is 15.7 Å². The van der Waals surface area contributed by atoms with Crippen molar-refractivity contribution < 1.29 is 13.5 Å². The summed E-state index contributed by atoms with van der Waals surface area (Å²) in [6.45, 7) is 1.81. The van der Waals surface area contributed by atoms with Crippen LogP contribution in [-0.4, -0.2) is 13.5 Å². The summed E-state index contributed by atoms with van der Waals surface area (Å²) < 4.78 is 27.7. The van der Waals surface area contributed by atoms with Crippen LogP contribution in [0.4, 0.5) is 5.69 Å². The topological polar surface area (TPSA) is 66.4 Å². The first kappa shape index (κ1) is 15.0. The molecule has 0 bridgehead atoms. The van der Waals surface area contributed by atoms with Gasteiger partial charge in [0.05, 0.1) is 17.2 Å². The molecule has 0 aliphatic carbocycles. The molecule has 0 saturated heterocycles. The first-order valence-corrected chi connectivity index (χ1v) is 8.19. The van der Waals surface area contributed by atoms with E-state index in [1.165, 1.54) is 12.1 Å². The molecule has 0 atom stereocenters. The summed E-state index contributed by atoms with van der Waals surface area (Å²) in [6.07, 6.45) is 0. The Bertz CT molecular complexity index is 712. The maximum absolute atomic E-state index is 12.2. The Morgan fingerprint density at radius 3 is 2.35 bits per heavy atom. The van der Waals surface area contributed by atoms with Crippen molar-refractivity contribution in [3.05, 3.63) is 58.1 Å². The summed E-state index contributed by atoms with van der Waals surface area (Å²) in [5.74, 6) is 0. The summed E-state index contributed by atoms with van der Waals surface area (Å²) in [4.78, 5) is 0.155. The number of rotatable bonds is 4. The lowest BCUT2D eigenvalue weighted by Crippen LogP contribution is -2.13. The van der Waals surface area contributed by atoms with Gasteiger partial charge in [-0.05, 0) is 58.2 Å². The minimum atomic E-state index is -3.64. The van der Waals surface area contributed by atoms with Gasteiger partial charge in [-0.25, -0.2) is 8.42 Å². The first-order chi connectivity index (χ1) is 9.42. The summed E-state index contributed by atoms with van der Waals surface area (Å²) in [6, 6.07) is 11.5. The Hall–Kier alpha value is -1.37. The van der Waals surface area contributed by atoms with E-state index in [2.05, 4.69) is 20.7 Å². The van der Waals surface area contributed by atoms with Gasteiger partial charge < -0.3 is 5.11 Å². The van der Waals surface area contributed by atoms with Crippen LogP contribution in [0.25, 0.3) is 0 Å². The van der Waals surface area contributed by atoms with E-state index in [4.69, 9.17) is 5.11 Å². The molecule has 0 unspecified atom stereocenters. The Labute approximate surface area is 126 Å². The van der Waals surface area contributed by atoms with Crippen molar-refractivity contribution in [3.8, 4) is 0 Å². The number of sulfonamides is 1. The fourth-order valence-electron chi connectivity index (χ4n) is 1.68. The molecular weight excluding hydrogens is 342 g/mol. The minimum Gasteiger partial charge on any atom is -0.392 e. The molecule has 0 radical (unpaired) electrons. The van der Waals surface area contributed by atoms with Crippen LogP contribution in [0, 0.1) is 6.92 Å². The van der Waals surface area contributed by atoms with E-state index in [0.717, 1.165) is 5.56 Å². The smallest absolute Gasteiger partial charge is 0.261 e. The summed E-state index contributed by atoms with van der Waals surface area (Å²) >= 11 is 3.34. The monoisotopic (exact) mass is 355 g/mol. The van der Waals surface area contributed by atoms with Crippen molar-refractivity contribution in [2.75, 3.05) is 4.72 Å². The molecule has 2 N–H and O–H groups in total. The van der Waals surface area contributed by atoms with E-state index in [1.807, 2.05) is 19.1 Å². The highest BCUT2D eigenvalue weighted by Gasteiger charge is 2.15. The van der Waals surface area contributed by atoms with Gasteiger partial charge in [0, 0.05) is 4.47 Å². The van der Waals surface area contributed by atoms with Crippen LogP contribution in [0.1, 0.15) is 11.1 Å². The Balaban J connectivity index is 2.30. The van der Waals surface area contributed by atoms with E-state index in [1.54, 1.807) is 18.2 Å². The fourth-order valence-corrected chi connectivity index (χ4v) is 3.48. The summed E-state index contributed by atoms with van der Waals surface area (Å²) in [5.41, 5.74) is 2.19. The van der Waals surface area contributed by atoms with Crippen LogP contribution in [-0.2, 0) is 16.6 Å². The number of nitrogens with one attached hydrogen (secondary N) is 1. The Morgan fingerprint density at radius 1 is 1.15 bits per heavy atom. The standard InChI is InChI=1S/C14H14BrNO3S/c1-10-2-7-14(13(15)8-10)16-20(18,19)12-5-3-11(9-17)4-6-12/h2-8,16-17H,9H2,1H3. The zero-order chi connectivity index (χ0) is 14.8. The van der Waals surface area contributed by atoms with E-state index in [9.17, 15) is 8.42 Å². The number of benzene rings is 2. The highest BCUT2D eigenvalue weighted by atomic mass is 79.9. The molecule has 2 aromatic carbocycles. The average molecular weight is 356 g/mol. The third-order valence-electron chi connectivity index (χ3n) is 2.79. The molecule has 106 valence electrons. The van der Waals surface area contributed by atoms with Crippen molar-refractivity contribution in [2.24, 2.45) is 0 Å². The second-order valence-corrected chi connectivity index (χ2v) is 6.93. The van der Waals surface area contributed by atoms with Crippen molar-refractivity contribution >= 4 is 31.6 Å². The van der Waals surface area contributed by atoms with Gasteiger partial charge in [-0.3, -0.25) is 4.72 Å². The molecule has 0 saturated carbocycles.